The summed E-state index contributed by atoms with van der Waals surface area (Å²) in [5, 5.41) is 3.39. The number of fused-ring (bicyclic) bond motifs is 1. The van der Waals surface area contributed by atoms with Crippen LogP contribution in [0.15, 0.2) is 53.3 Å². The van der Waals surface area contributed by atoms with Gasteiger partial charge in [-0.3, -0.25) is 14.3 Å². The van der Waals surface area contributed by atoms with Gasteiger partial charge in [-0.2, -0.15) is 0 Å². The van der Waals surface area contributed by atoms with E-state index in [0.29, 0.717) is 17.3 Å². The van der Waals surface area contributed by atoms with Gasteiger partial charge in [0, 0.05) is 19.1 Å². The maximum absolute atomic E-state index is 12.3. The average Bonchev–Trinajstić information content (AvgIpc) is 3.00. The summed E-state index contributed by atoms with van der Waals surface area (Å²) in [5.74, 6) is -0.0780. The molecule has 0 spiro atoms. The van der Waals surface area contributed by atoms with Crippen LogP contribution in [-0.2, 0) is 4.79 Å². The number of hydrogen-bond acceptors (Lipinski definition) is 3. The average molecular weight is 385 g/mol. The number of halogens is 1. The zero-order valence-corrected chi connectivity index (χ0v) is 15.6. The fourth-order valence-corrected chi connectivity index (χ4v) is 3.91. The quantitative estimate of drug-likeness (QED) is 0.725. The van der Waals surface area contributed by atoms with E-state index >= 15 is 0 Å². The van der Waals surface area contributed by atoms with Crippen molar-refractivity contribution >= 4 is 34.2 Å². The molecule has 1 amide bonds. The van der Waals surface area contributed by atoms with Crippen molar-refractivity contribution in [3.63, 3.8) is 0 Å². The highest BCUT2D eigenvalue weighted by atomic mass is 35.5. The summed E-state index contributed by atoms with van der Waals surface area (Å²) in [5.41, 5.74) is 2.37. The summed E-state index contributed by atoms with van der Waals surface area (Å²) >= 11 is 6.09. The molecule has 0 radical (unpaired) electrons. The summed E-state index contributed by atoms with van der Waals surface area (Å²) in [4.78, 5) is 29.7. The maximum atomic E-state index is 12.3. The van der Waals surface area contributed by atoms with Crippen molar-refractivity contribution in [3.8, 4) is 0 Å². The van der Waals surface area contributed by atoms with Crippen LogP contribution in [0.2, 0.25) is 5.02 Å². The number of likely N-dealkylation sites (tertiary alicyclic amines) is 1. The molecule has 0 saturated carbocycles. The number of carbonyl (C=O) groups excluding carboxylic acids is 1. The van der Waals surface area contributed by atoms with Crippen LogP contribution in [0, 0.1) is 0 Å². The molecule has 2 heterocycles. The lowest BCUT2D eigenvalue weighted by Crippen LogP contribution is -2.41. The van der Waals surface area contributed by atoms with Crippen molar-refractivity contribution in [1.82, 2.24) is 14.5 Å². The molecule has 2 N–H and O–H groups in total. The SMILES string of the molecule is O=C(CN1CCC(n2c(=O)[nH]c3ccccc32)CC1)Nc1ccccc1Cl. The summed E-state index contributed by atoms with van der Waals surface area (Å²) in [7, 11) is 0. The van der Waals surface area contributed by atoms with Gasteiger partial charge in [-0.25, -0.2) is 4.79 Å². The number of imidazole rings is 1. The largest absolute Gasteiger partial charge is 0.326 e. The molecule has 1 fully saturated rings. The Morgan fingerprint density at radius 1 is 1.11 bits per heavy atom. The van der Waals surface area contributed by atoms with Crippen molar-refractivity contribution in [2.45, 2.75) is 18.9 Å². The first kappa shape index (κ1) is 17.8. The molecule has 1 aromatic heterocycles. The highest BCUT2D eigenvalue weighted by Gasteiger charge is 2.24. The molecule has 1 aliphatic rings. The predicted molar refractivity (Wildman–Crippen MR) is 107 cm³/mol. The first-order chi connectivity index (χ1) is 13.1. The van der Waals surface area contributed by atoms with E-state index in [1.54, 1.807) is 12.1 Å². The molecule has 0 atom stereocenters. The molecule has 1 aliphatic heterocycles. The summed E-state index contributed by atoms with van der Waals surface area (Å²) in [6, 6.07) is 15.1. The standard InChI is InChI=1S/C20H21ClN4O2/c21-15-5-1-2-6-16(15)22-19(26)13-24-11-9-14(10-12-24)25-18-8-4-3-7-17(18)23-20(25)27/h1-8,14H,9-13H2,(H,22,26)(H,23,27). The molecule has 4 rings (SSSR count). The second-order valence-corrected chi connectivity index (χ2v) is 7.26. The van der Waals surface area contributed by atoms with Gasteiger partial charge in [0.25, 0.3) is 0 Å². The summed E-state index contributed by atoms with van der Waals surface area (Å²) in [6.45, 7) is 1.86. The maximum Gasteiger partial charge on any atom is 0.326 e. The van der Waals surface area contributed by atoms with Crippen LogP contribution in [0.1, 0.15) is 18.9 Å². The van der Waals surface area contributed by atoms with Gasteiger partial charge in [0.05, 0.1) is 28.3 Å². The summed E-state index contributed by atoms with van der Waals surface area (Å²) in [6.07, 6.45) is 1.67. The Morgan fingerprint density at radius 2 is 1.81 bits per heavy atom. The van der Waals surface area contributed by atoms with Crippen molar-refractivity contribution in [2.24, 2.45) is 0 Å². The smallest absolute Gasteiger partial charge is 0.324 e. The highest BCUT2D eigenvalue weighted by molar-refractivity contribution is 6.33. The van der Waals surface area contributed by atoms with Crippen molar-refractivity contribution < 1.29 is 4.79 Å². The molecule has 3 aromatic rings. The fraction of sp³-hybridized carbons (Fsp3) is 0.300. The third-order valence-corrected chi connectivity index (χ3v) is 5.39. The molecule has 7 heteroatoms. The molecule has 2 aromatic carbocycles. The van der Waals surface area contributed by atoms with E-state index in [0.717, 1.165) is 37.0 Å². The number of nitrogens with zero attached hydrogens (tertiary/aromatic N) is 2. The van der Waals surface area contributed by atoms with Crippen LogP contribution < -0.4 is 11.0 Å². The summed E-state index contributed by atoms with van der Waals surface area (Å²) < 4.78 is 1.86. The Morgan fingerprint density at radius 3 is 2.59 bits per heavy atom. The first-order valence-electron chi connectivity index (χ1n) is 9.08. The van der Waals surface area contributed by atoms with Crippen LogP contribution in [0.25, 0.3) is 11.0 Å². The van der Waals surface area contributed by atoms with E-state index in [4.69, 9.17) is 11.6 Å². The minimum absolute atomic E-state index is 0.0638. The first-order valence-corrected chi connectivity index (χ1v) is 9.45. The van der Waals surface area contributed by atoms with Gasteiger partial charge in [0.15, 0.2) is 0 Å². The van der Waals surface area contributed by atoms with Gasteiger partial charge in [-0.15, -0.1) is 0 Å². The van der Waals surface area contributed by atoms with Gasteiger partial charge in [0.2, 0.25) is 5.91 Å². The number of benzene rings is 2. The third kappa shape index (κ3) is 3.77. The van der Waals surface area contributed by atoms with Crippen molar-refractivity contribution in [3.05, 3.63) is 64.0 Å². The van der Waals surface area contributed by atoms with E-state index in [9.17, 15) is 9.59 Å². The zero-order valence-electron chi connectivity index (χ0n) is 14.8. The fourth-order valence-electron chi connectivity index (χ4n) is 3.73. The molecular weight excluding hydrogens is 364 g/mol. The van der Waals surface area contributed by atoms with Gasteiger partial charge in [0.1, 0.15) is 0 Å². The molecule has 0 unspecified atom stereocenters. The number of anilines is 1. The van der Waals surface area contributed by atoms with Crippen LogP contribution in [-0.4, -0.2) is 40.0 Å². The number of rotatable bonds is 4. The third-order valence-electron chi connectivity index (χ3n) is 5.06. The topological polar surface area (TPSA) is 70.1 Å². The number of para-hydroxylation sites is 3. The van der Waals surface area contributed by atoms with Crippen LogP contribution >= 0.6 is 11.6 Å². The number of H-pyrrole nitrogens is 1. The molecule has 0 bridgehead atoms. The van der Waals surface area contributed by atoms with Gasteiger partial charge in [-0.05, 0) is 37.1 Å². The number of nitrogens with one attached hydrogen (secondary N) is 2. The van der Waals surface area contributed by atoms with E-state index < -0.39 is 0 Å². The highest BCUT2D eigenvalue weighted by Crippen LogP contribution is 2.25. The Balaban J connectivity index is 1.38. The van der Waals surface area contributed by atoms with Crippen molar-refractivity contribution in [2.75, 3.05) is 25.0 Å². The molecule has 6 nitrogen and oxygen atoms in total. The second kappa shape index (κ2) is 7.58. The second-order valence-electron chi connectivity index (χ2n) is 6.85. The minimum atomic E-state index is -0.0780. The number of hydrogen-bond donors (Lipinski definition) is 2. The molecular formula is C20H21ClN4O2. The van der Waals surface area contributed by atoms with Crippen LogP contribution in [0.4, 0.5) is 5.69 Å². The Bertz CT molecular complexity index is 1020. The van der Waals surface area contributed by atoms with Crippen LogP contribution in [0.3, 0.4) is 0 Å². The molecule has 27 heavy (non-hydrogen) atoms. The normalized spacial score (nSPS) is 15.9. The van der Waals surface area contributed by atoms with Crippen LogP contribution in [0.5, 0.6) is 0 Å². The number of piperidine rings is 1. The van der Waals surface area contributed by atoms with Gasteiger partial charge >= 0.3 is 5.69 Å². The van der Waals surface area contributed by atoms with E-state index in [1.807, 2.05) is 41.0 Å². The number of aromatic amines is 1. The van der Waals surface area contributed by atoms with E-state index in [2.05, 4.69) is 15.2 Å². The van der Waals surface area contributed by atoms with Gasteiger partial charge in [-0.1, -0.05) is 35.9 Å². The minimum Gasteiger partial charge on any atom is -0.324 e. The number of aromatic nitrogens is 2. The predicted octanol–water partition coefficient (Wildman–Crippen LogP) is 3.26. The van der Waals surface area contributed by atoms with Crippen molar-refractivity contribution in [1.29, 1.82) is 0 Å². The van der Waals surface area contributed by atoms with Gasteiger partial charge < -0.3 is 10.3 Å². The number of carbonyl (C=O) groups is 1. The Hall–Kier alpha value is -2.57. The lowest BCUT2D eigenvalue weighted by molar-refractivity contribution is -0.117. The lowest BCUT2D eigenvalue weighted by Gasteiger charge is -2.32. The number of amides is 1. The van der Waals surface area contributed by atoms with E-state index in [-0.39, 0.29) is 17.6 Å². The van der Waals surface area contributed by atoms with E-state index in [1.165, 1.54) is 0 Å². The molecule has 140 valence electrons. The monoisotopic (exact) mass is 384 g/mol. The molecule has 0 aliphatic carbocycles. The lowest BCUT2D eigenvalue weighted by atomic mass is 10.0. The zero-order chi connectivity index (χ0) is 18.8. The molecule has 1 saturated heterocycles. The Kier molecular flexibility index (Phi) is 5.01. The Labute approximate surface area is 161 Å².